The van der Waals surface area contributed by atoms with Gasteiger partial charge in [0, 0.05) is 23.5 Å². The van der Waals surface area contributed by atoms with Crippen LogP contribution in [0.3, 0.4) is 0 Å². The maximum absolute atomic E-state index is 13.8. The lowest BCUT2D eigenvalue weighted by molar-refractivity contribution is 0.0944. The van der Waals surface area contributed by atoms with Crippen molar-refractivity contribution >= 4 is 5.91 Å². The van der Waals surface area contributed by atoms with E-state index in [-0.39, 0.29) is 11.1 Å². The topological polar surface area (TPSA) is 78.7 Å². The molecule has 0 aliphatic carbocycles. The minimum Gasteiger partial charge on any atom is -0.332 e. The van der Waals surface area contributed by atoms with Crippen LogP contribution in [0.2, 0.25) is 0 Å². The molecule has 1 N–H and O–H groups in total. The van der Waals surface area contributed by atoms with E-state index in [1.54, 1.807) is 6.07 Å². The minimum atomic E-state index is -1.09. The summed E-state index contributed by atoms with van der Waals surface area (Å²) in [6.07, 6.45) is 2.75. The van der Waals surface area contributed by atoms with Gasteiger partial charge in [-0.1, -0.05) is 48.5 Å². The van der Waals surface area contributed by atoms with Gasteiger partial charge in [-0.05, 0) is 6.07 Å². The summed E-state index contributed by atoms with van der Waals surface area (Å²) in [5, 5.41) is 11.7. The average molecular weight is 332 g/mol. The molecule has 1 atom stereocenters. The van der Waals surface area contributed by atoms with Gasteiger partial charge in [0.2, 0.25) is 0 Å². The van der Waals surface area contributed by atoms with Crippen LogP contribution < -0.4 is 5.32 Å². The Morgan fingerprint density at radius 1 is 1.04 bits per heavy atom. The Morgan fingerprint density at radius 2 is 1.68 bits per heavy atom. The molecule has 1 aromatic heterocycles. The number of nitrogens with one attached hydrogen (secondary N) is 1. The van der Waals surface area contributed by atoms with Crippen LogP contribution >= 0.6 is 0 Å². The van der Waals surface area contributed by atoms with Crippen LogP contribution in [-0.2, 0) is 0 Å². The van der Waals surface area contributed by atoms with Crippen LogP contribution in [0.25, 0.3) is 11.4 Å². The number of carbonyl (C=O) groups is 1. The molecule has 0 radical (unpaired) electrons. The van der Waals surface area contributed by atoms with E-state index in [0.717, 1.165) is 5.56 Å². The van der Waals surface area contributed by atoms with Crippen molar-refractivity contribution in [2.24, 2.45) is 0 Å². The molecule has 1 amide bonds. The van der Waals surface area contributed by atoms with Gasteiger partial charge in [0.05, 0.1) is 11.6 Å². The summed E-state index contributed by atoms with van der Waals surface area (Å²) in [4.78, 5) is 20.6. The maximum Gasteiger partial charge on any atom is 0.255 e. The maximum atomic E-state index is 13.8. The number of hydrogen-bond donors (Lipinski definition) is 1. The highest BCUT2D eigenvalue weighted by atomic mass is 19.1. The molecule has 1 heterocycles. The van der Waals surface area contributed by atoms with Crippen LogP contribution in [-0.4, -0.2) is 15.9 Å². The second kappa shape index (κ2) is 7.32. The molecule has 0 saturated heterocycles. The molecule has 0 unspecified atom stereocenters. The first kappa shape index (κ1) is 16.3. The number of carbonyl (C=O) groups excluding carboxylic acids is 1. The Bertz CT molecular complexity index is 920. The Labute approximate surface area is 143 Å². The van der Waals surface area contributed by atoms with Crippen LogP contribution in [0.1, 0.15) is 22.0 Å². The van der Waals surface area contributed by atoms with Gasteiger partial charge < -0.3 is 5.32 Å². The number of hydrogen-bond acceptors (Lipinski definition) is 4. The van der Waals surface area contributed by atoms with E-state index in [4.69, 9.17) is 0 Å². The molecule has 2 aromatic carbocycles. The number of aromatic nitrogens is 2. The first-order valence-electron chi connectivity index (χ1n) is 7.51. The summed E-state index contributed by atoms with van der Waals surface area (Å²) in [5.74, 6) is -0.609. The zero-order valence-corrected chi connectivity index (χ0v) is 13.1. The molecule has 25 heavy (non-hydrogen) atoms. The van der Waals surface area contributed by atoms with Gasteiger partial charge in [-0.15, -0.1) is 0 Å². The fourth-order valence-corrected chi connectivity index (χ4v) is 2.28. The number of halogens is 1. The Kier molecular flexibility index (Phi) is 4.77. The van der Waals surface area contributed by atoms with Gasteiger partial charge in [0.1, 0.15) is 11.9 Å². The van der Waals surface area contributed by atoms with E-state index in [9.17, 15) is 14.4 Å². The average Bonchev–Trinajstić information content (AvgIpc) is 2.67. The molecule has 122 valence electrons. The molecule has 6 heteroatoms. The largest absolute Gasteiger partial charge is 0.332 e. The second-order valence-corrected chi connectivity index (χ2v) is 5.22. The number of benzene rings is 2. The van der Waals surface area contributed by atoms with Crippen molar-refractivity contribution in [1.82, 2.24) is 15.3 Å². The minimum absolute atomic E-state index is 0.111. The predicted molar refractivity (Wildman–Crippen MR) is 89.7 cm³/mol. The van der Waals surface area contributed by atoms with Gasteiger partial charge in [-0.3, -0.25) is 4.79 Å². The van der Waals surface area contributed by atoms with E-state index < -0.39 is 17.8 Å². The van der Waals surface area contributed by atoms with Gasteiger partial charge in [-0.2, -0.15) is 5.26 Å². The third kappa shape index (κ3) is 3.67. The summed E-state index contributed by atoms with van der Waals surface area (Å²) in [5.41, 5.74) is 1.13. The fourth-order valence-electron chi connectivity index (χ4n) is 2.28. The fraction of sp³-hybridized carbons (Fsp3) is 0.0526. The molecule has 0 spiro atoms. The van der Waals surface area contributed by atoms with E-state index in [1.807, 2.05) is 36.4 Å². The number of rotatable bonds is 4. The summed E-state index contributed by atoms with van der Waals surface area (Å²) in [7, 11) is 0. The highest BCUT2D eigenvalue weighted by Gasteiger charge is 2.18. The molecule has 0 bridgehead atoms. The monoisotopic (exact) mass is 332 g/mol. The van der Waals surface area contributed by atoms with Crippen molar-refractivity contribution in [3.63, 3.8) is 0 Å². The Morgan fingerprint density at radius 3 is 2.32 bits per heavy atom. The summed E-state index contributed by atoms with van der Waals surface area (Å²) >= 11 is 0. The van der Waals surface area contributed by atoms with Crippen LogP contribution in [0.5, 0.6) is 0 Å². The first-order chi connectivity index (χ1) is 12.2. The molecule has 3 aromatic rings. The van der Waals surface area contributed by atoms with E-state index in [2.05, 4.69) is 15.3 Å². The molecule has 0 fully saturated rings. The smallest absolute Gasteiger partial charge is 0.255 e. The Balaban J connectivity index is 1.77. The third-order valence-electron chi connectivity index (χ3n) is 3.57. The van der Waals surface area contributed by atoms with E-state index in [0.29, 0.717) is 5.82 Å². The van der Waals surface area contributed by atoms with Gasteiger partial charge in [-0.25, -0.2) is 14.4 Å². The number of nitriles is 1. The van der Waals surface area contributed by atoms with Gasteiger partial charge in [0.15, 0.2) is 5.82 Å². The third-order valence-corrected chi connectivity index (χ3v) is 3.57. The molecule has 3 rings (SSSR count). The molecular formula is C19H13FN4O. The number of nitrogens with zero attached hydrogens (tertiary/aromatic N) is 3. The SMILES string of the molecule is N#C[C@@H](NC(=O)c1cnc(-c2ccccc2)nc1)c1ccccc1F. The van der Waals surface area contributed by atoms with Crippen molar-refractivity contribution < 1.29 is 9.18 Å². The molecule has 0 saturated carbocycles. The molecular weight excluding hydrogens is 319 g/mol. The molecule has 5 nitrogen and oxygen atoms in total. The summed E-state index contributed by atoms with van der Waals surface area (Å²) in [6, 6.07) is 15.9. The van der Waals surface area contributed by atoms with E-state index in [1.165, 1.54) is 30.6 Å². The highest BCUT2D eigenvalue weighted by molar-refractivity contribution is 5.94. The lowest BCUT2D eigenvalue weighted by Crippen LogP contribution is -2.28. The van der Waals surface area contributed by atoms with Crippen molar-refractivity contribution in [3.05, 3.63) is 83.9 Å². The van der Waals surface area contributed by atoms with Gasteiger partial charge >= 0.3 is 0 Å². The van der Waals surface area contributed by atoms with Crippen LogP contribution in [0.4, 0.5) is 4.39 Å². The van der Waals surface area contributed by atoms with E-state index >= 15 is 0 Å². The normalized spacial score (nSPS) is 11.4. The van der Waals surface area contributed by atoms with Crippen molar-refractivity contribution in [3.8, 4) is 17.5 Å². The van der Waals surface area contributed by atoms with Crippen LogP contribution in [0.15, 0.2) is 67.0 Å². The first-order valence-corrected chi connectivity index (χ1v) is 7.51. The molecule has 0 aliphatic rings. The van der Waals surface area contributed by atoms with Crippen molar-refractivity contribution in [1.29, 1.82) is 5.26 Å². The predicted octanol–water partition coefficient (Wildman–Crippen LogP) is 3.28. The molecule has 0 aliphatic heterocycles. The lowest BCUT2D eigenvalue weighted by atomic mass is 10.1. The lowest BCUT2D eigenvalue weighted by Gasteiger charge is -2.12. The Hall–Kier alpha value is -3.59. The number of amides is 1. The van der Waals surface area contributed by atoms with Crippen LogP contribution in [0, 0.1) is 17.1 Å². The highest BCUT2D eigenvalue weighted by Crippen LogP contribution is 2.17. The van der Waals surface area contributed by atoms with Crippen molar-refractivity contribution in [2.75, 3.05) is 0 Å². The summed E-state index contributed by atoms with van der Waals surface area (Å²) < 4.78 is 13.8. The second-order valence-electron chi connectivity index (χ2n) is 5.22. The summed E-state index contributed by atoms with van der Waals surface area (Å²) in [6.45, 7) is 0. The zero-order valence-electron chi connectivity index (χ0n) is 13.1. The quantitative estimate of drug-likeness (QED) is 0.795. The van der Waals surface area contributed by atoms with Gasteiger partial charge in [0.25, 0.3) is 5.91 Å². The zero-order chi connectivity index (χ0) is 17.6. The standard InChI is InChI=1S/C19H13FN4O/c20-16-9-5-4-8-15(16)17(10-21)24-19(25)14-11-22-18(23-12-14)13-6-2-1-3-7-13/h1-9,11-12,17H,(H,24,25)/t17-/m1/s1. The van der Waals surface area contributed by atoms with Crippen molar-refractivity contribution in [2.45, 2.75) is 6.04 Å².